The molecule has 6 nitrogen and oxygen atoms in total. The molecule has 11 rings (SSSR count). The number of nitrogens with zero attached hydrogens (tertiary/aromatic N) is 6. The van der Waals surface area contributed by atoms with E-state index in [-0.39, 0.29) is 0 Å². The van der Waals surface area contributed by atoms with Crippen LogP contribution in [0, 0.1) is 0 Å². The van der Waals surface area contributed by atoms with E-state index >= 15 is 0 Å². The summed E-state index contributed by atoms with van der Waals surface area (Å²) in [6, 6.07) is 51.6. The quantitative estimate of drug-likeness (QED) is 0.187. The van der Waals surface area contributed by atoms with Gasteiger partial charge >= 0.3 is 0 Å². The number of para-hydroxylation sites is 4. The molecule has 11 aromatic rings. The summed E-state index contributed by atoms with van der Waals surface area (Å²) < 4.78 is 6.79. The predicted octanol–water partition coefficient (Wildman–Crippen LogP) is 11.2. The molecule has 0 saturated carbocycles. The van der Waals surface area contributed by atoms with Gasteiger partial charge in [0.2, 0.25) is 0 Å². The van der Waals surface area contributed by atoms with Gasteiger partial charge in [-0.1, -0.05) is 84.9 Å². The number of hydrogen-bond acceptors (Lipinski definition) is 5. The van der Waals surface area contributed by atoms with E-state index in [1.54, 1.807) is 11.3 Å². The first-order chi connectivity index (χ1) is 25.3. The maximum absolute atomic E-state index is 4.73. The highest BCUT2D eigenvalue weighted by Gasteiger charge is 2.20. The van der Waals surface area contributed by atoms with Crippen molar-refractivity contribution in [1.82, 2.24) is 29.5 Å². The van der Waals surface area contributed by atoms with E-state index in [0.29, 0.717) is 0 Å². The lowest BCUT2D eigenvalue weighted by molar-refractivity contribution is 0.904. The number of rotatable bonds is 4. The summed E-state index contributed by atoms with van der Waals surface area (Å²) in [6.07, 6.45) is 3.88. The Kier molecular flexibility index (Phi) is 6.02. The van der Waals surface area contributed by atoms with Crippen molar-refractivity contribution in [1.29, 1.82) is 0 Å². The largest absolute Gasteiger partial charge is 0.309 e. The lowest BCUT2D eigenvalue weighted by Crippen LogP contribution is -1.94. The van der Waals surface area contributed by atoms with Crippen LogP contribution in [0.4, 0.5) is 0 Å². The van der Waals surface area contributed by atoms with E-state index in [0.717, 1.165) is 59.6 Å². The van der Waals surface area contributed by atoms with Gasteiger partial charge in [0.15, 0.2) is 0 Å². The van der Waals surface area contributed by atoms with Crippen molar-refractivity contribution >= 4 is 75.3 Å². The number of aromatic nitrogens is 6. The molecule has 0 saturated heterocycles. The molecule has 0 N–H and O–H groups in total. The van der Waals surface area contributed by atoms with Crippen LogP contribution in [0.15, 0.2) is 158 Å². The molecule has 0 aliphatic heterocycles. The SMILES string of the molecule is c1ccc(-n2c3ccccc3c3cc(-c4cncc5c4sc4c(-c6ccc7c(c6)c6ccccc6n7-c6ccccc6)nnnc45)ccc32)cc1. The van der Waals surface area contributed by atoms with Crippen molar-refractivity contribution in [3.63, 3.8) is 0 Å². The second-order valence-electron chi connectivity index (χ2n) is 12.8. The Balaban J connectivity index is 1.10. The molecule has 51 heavy (non-hydrogen) atoms. The van der Waals surface area contributed by atoms with Crippen LogP contribution in [-0.4, -0.2) is 29.5 Å². The second-order valence-corrected chi connectivity index (χ2v) is 13.8. The first-order valence-corrected chi connectivity index (χ1v) is 17.7. The second kappa shape index (κ2) is 10.9. The third kappa shape index (κ3) is 4.16. The minimum atomic E-state index is 0.822. The number of fused-ring (bicyclic) bond motifs is 9. The van der Waals surface area contributed by atoms with E-state index in [4.69, 9.17) is 4.98 Å². The molecule has 0 radical (unpaired) electrons. The number of hydrogen-bond donors (Lipinski definition) is 0. The van der Waals surface area contributed by atoms with Crippen molar-refractivity contribution < 1.29 is 0 Å². The lowest BCUT2D eigenvalue weighted by atomic mass is 10.0. The van der Waals surface area contributed by atoms with Gasteiger partial charge in [-0.05, 0) is 71.4 Å². The number of benzene rings is 6. The third-order valence-corrected chi connectivity index (χ3v) is 11.3. The molecule has 0 spiro atoms. The fraction of sp³-hybridized carbons (Fsp3) is 0. The zero-order chi connectivity index (χ0) is 33.5. The third-order valence-electron chi connectivity index (χ3n) is 10.0. The number of pyridine rings is 1. The summed E-state index contributed by atoms with van der Waals surface area (Å²) in [5.74, 6) is 0. The van der Waals surface area contributed by atoms with Crippen molar-refractivity contribution in [3.05, 3.63) is 158 Å². The topological polar surface area (TPSA) is 61.4 Å². The summed E-state index contributed by atoms with van der Waals surface area (Å²) in [5.41, 5.74) is 11.8. The fourth-order valence-corrected chi connectivity index (χ4v) is 9.03. The average Bonchev–Trinajstić information content (AvgIpc) is 3.86. The molecule has 238 valence electrons. The molecule has 0 aliphatic carbocycles. The molecule has 0 bridgehead atoms. The molecule has 0 amide bonds. The van der Waals surface area contributed by atoms with Gasteiger partial charge in [-0.25, -0.2) is 0 Å². The Labute approximate surface area is 295 Å². The molecule has 5 heterocycles. The van der Waals surface area contributed by atoms with Gasteiger partial charge in [0.1, 0.15) is 11.2 Å². The molecular weight excluding hydrogens is 645 g/mol. The maximum atomic E-state index is 4.73. The molecule has 5 aromatic heterocycles. The Hall–Kier alpha value is -6.70. The average molecular weight is 671 g/mol. The maximum Gasteiger partial charge on any atom is 0.117 e. The zero-order valence-corrected chi connectivity index (χ0v) is 27.9. The zero-order valence-electron chi connectivity index (χ0n) is 27.1. The molecule has 0 aliphatic rings. The van der Waals surface area contributed by atoms with Gasteiger partial charge in [-0.3, -0.25) is 4.98 Å². The molecule has 7 heteroatoms. The highest BCUT2D eigenvalue weighted by molar-refractivity contribution is 7.26. The van der Waals surface area contributed by atoms with Gasteiger partial charge in [-0.2, -0.15) is 0 Å². The van der Waals surface area contributed by atoms with Crippen molar-refractivity contribution in [3.8, 4) is 33.8 Å². The van der Waals surface area contributed by atoms with Gasteiger partial charge in [0.25, 0.3) is 0 Å². The van der Waals surface area contributed by atoms with Crippen LogP contribution < -0.4 is 0 Å². The van der Waals surface area contributed by atoms with Gasteiger partial charge in [-0.15, -0.1) is 21.5 Å². The standard InChI is InChI=1S/C44H26N6S/c1-3-11-29(12-4-1)49-37-17-9-7-15-31(37)33-23-27(19-21-39(33)49)35-25-45-26-36-42-44(51-43(35)36)41(46-48-47-42)28-20-22-40-34(24-28)32-16-8-10-18-38(32)50(40)30-13-5-2-6-14-30/h1-26H. The van der Waals surface area contributed by atoms with E-state index in [9.17, 15) is 0 Å². The van der Waals surface area contributed by atoms with E-state index in [2.05, 4.69) is 170 Å². The Morgan fingerprint density at radius 2 is 0.980 bits per heavy atom. The van der Waals surface area contributed by atoms with Gasteiger partial charge < -0.3 is 9.13 Å². The van der Waals surface area contributed by atoms with Crippen LogP contribution in [0.5, 0.6) is 0 Å². The molecule has 0 fully saturated rings. The van der Waals surface area contributed by atoms with Crippen molar-refractivity contribution in [2.75, 3.05) is 0 Å². The number of thiophene rings is 1. The minimum Gasteiger partial charge on any atom is -0.309 e. The highest BCUT2D eigenvalue weighted by atomic mass is 32.1. The first-order valence-electron chi connectivity index (χ1n) is 16.9. The van der Waals surface area contributed by atoms with Gasteiger partial charge in [0, 0.05) is 66.5 Å². The van der Waals surface area contributed by atoms with Crippen LogP contribution >= 0.6 is 11.3 Å². The Bertz CT molecular complexity index is 2930. The lowest BCUT2D eigenvalue weighted by Gasteiger charge is -2.08. The molecule has 0 unspecified atom stereocenters. The highest BCUT2D eigenvalue weighted by Crippen LogP contribution is 2.44. The summed E-state index contributed by atoms with van der Waals surface area (Å²) >= 11 is 1.71. The Morgan fingerprint density at radius 3 is 1.63 bits per heavy atom. The summed E-state index contributed by atoms with van der Waals surface area (Å²) in [6.45, 7) is 0. The Morgan fingerprint density at radius 1 is 0.431 bits per heavy atom. The smallest absolute Gasteiger partial charge is 0.117 e. The minimum absolute atomic E-state index is 0.822. The monoisotopic (exact) mass is 670 g/mol. The van der Waals surface area contributed by atoms with Crippen LogP contribution in [0.25, 0.3) is 97.7 Å². The van der Waals surface area contributed by atoms with E-state index < -0.39 is 0 Å². The summed E-state index contributed by atoms with van der Waals surface area (Å²) in [5, 5.41) is 19.3. The first kappa shape index (κ1) is 28.2. The van der Waals surface area contributed by atoms with Crippen LogP contribution in [0.2, 0.25) is 0 Å². The van der Waals surface area contributed by atoms with Crippen molar-refractivity contribution in [2.45, 2.75) is 0 Å². The molecular formula is C44H26N6S. The van der Waals surface area contributed by atoms with Crippen molar-refractivity contribution in [2.24, 2.45) is 0 Å². The normalized spacial score (nSPS) is 11.9. The summed E-state index contributed by atoms with van der Waals surface area (Å²) in [7, 11) is 0. The fourth-order valence-electron chi connectivity index (χ4n) is 7.78. The van der Waals surface area contributed by atoms with Crippen LogP contribution in [-0.2, 0) is 0 Å². The van der Waals surface area contributed by atoms with E-state index in [1.807, 2.05) is 12.4 Å². The predicted molar refractivity (Wildman–Crippen MR) is 210 cm³/mol. The summed E-state index contributed by atoms with van der Waals surface area (Å²) in [4.78, 5) is 4.73. The molecule has 6 aromatic carbocycles. The van der Waals surface area contributed by atoms with Gasteiger partial charge in [0.05, 0.1) is 26.8 Å². The van der Waals surface area contributed by atoms with E-state index in [1.165, 1.54) is 38.1 Å². The van der Waals surface area contributed by atoms with Crippen LogP contribution in [0.1, 0.15) is 0 Å². The van der Waals surface area contributed by atoms with Crippen LogP contribution in [0.3, 0.4) is 0 Å². The molecule has 0 atom stereocenters.